The number of rotatable bonds is 5. The number of hydrogen-bond donors (Lipinski definition) is 1. The Morgan fingerprint density at radius 1 is 1.22 bits per heavy atom. The number of aromatic nitrogens is 1. The third kappa shape index (κ3) is 4.37. The SMILES string of the molecule is Cc1ccc(CNCCN2CCN(C)CC2)nc1. The third-order valence-electron chi connectivity index (χ3n) is 3.48. The van der Waals surface area contributed by atoms with Crippen molar-refractivity contribution in [1.82, 2.24) is 20.1 Å². The molecule has 1 aliphatic heterocycles. The van der Waals surface area contributed by atoms with Gasteiger partial charge in [-0.25, -0.2) is 0 Å². The molecule has 0 aromatic carbocycles. The maximum atomic E-state index is 4.39. The standard InChI is InChI=1S/C14H24N4/c1-13-3-4-14(16-11-13)12-15-5-6-18-9-7-17(2)8-10-18/h3-4,11,15H,5-10,12H2,1-2H3. The van der Waals surface area contributed by atoms with Crippen molar-refractivity contribution in [2.75, 3.05) is 46.3 Å². The fraction of sp³-hybridized carbons (Fsp3) is 0.643. The second-order valence-corrected chi connectivity index (χ2v) is 5.15. The van der Waals surface area contributed by atoms with E-state index >= 15 is 0 Å². The van der Waals surface area contributed by atoms with Crippen molar-refractivity contribution in [2.24, 2.45) is 0 Å². The number of likely N-dealkylation sites (N-methyl/N-ethyl adjacent to an activating group) is 1. The van der Waals surface area contributed by atoms with Gasteiger partial charge in [0.1, 0.15) is 0 Å². The van der Waals surface area contributed by atoms with E-state index in [4.69, 9.17) is 0 Å². The van der Waals surface area contributed by atoms with Crippen LogP contribution in [0.3, 0.4) is 0 Å². The van der Waals surface area contributed by atoms with E-state index in [1.807, 2.05) is 6.20 Å². The van der Waals surface area contributed by atoms with Crippen LogP contribution in [0, 0.1) is 6.92 Å². The molecule has 0 spiro atoms. The van der Waals surface area contributed by atoms with Gasteiger partial charge in [-0.05, 0) is 25.6 Å². The van der Waals surface area contributed by atoms with Crippen LogP contribution in [-0.2, 0) is 6.54 Å². The number of hydrogen-bond acceptors (Lipinski definition) is 4. The summed E-state index contributed by atoms with van der Waals surface area (Å²) in [5.41, 5.74) is 2.34. The zero-order valence-corrected chi connectivity index (χ0v) is 11.5. The fourth-order valence-corrected chi connectivity index (χ4v) is 2.13. The van der Waals surface area contributed by atoms with Gasteiger partial charge in [-0.1, -0.05) is 6.07 Å². The molecule has 1 saturated heterocycles. The molecule has 1 N–H and O–H groups in total. The molecular weight excluding hydrogens is 224 g/mol. The molecule has 0 radical (unpaired) electrons. The van der Waals surface area contributed by atoms with Gasteiger partial charge in [0, 0.05) is 52.0 Å². The van der Waals surface area contributed by atoms with Crippen LogP contribution in [0.15, 0.2) is 18.3 Å². The summed E-state index contributed by atoms with van der Waals surface area (Å²) in [4.78, 5) is 9.30. The summed E-state index contributed by atoms with van der Waals surface area (Å²) < 4.78 is 0. The smallest absolute Gasteiger partial charge is 0.0541 e. The van der Waals surface area contributed by atoms with Crippen molar-refractivity contribution in [3.8, 4) is 0 Å². The molecule has 2 heterocycles. The Morgan fingerprint density at radius 2 is 2.00 bits per heavy atom. The minimum atomic E-state index is 0.869. The molecule has 18 heavy (non-hydrogen) atoms. The highest BCUT2D eigenvalue weighted by molar-refractivity contribution is 5.11. The molecule has 4 heteroatoms. The first-order valence-corrected chi connectivity index (χ1v) is 6.77. The second kappa shape index (κ2) is 6.83. The lowest BCUT2D eigenvalue weighted by atomic mass is 10.3. The van der Waals surface area contributed by atoms with Crippen LogP contribution in [0.2, 0.25) is 0 Å². The summed E-state index contributed by atoms with van der Waals surface area (Å²) in [7, 11) is 2.19. The molecule has 2 rings (SSSR count). The predicted octanol–water partition coefficient (Wildman–Crippen LogP) is 0.727. The van der Waals surface area contributed by atoms with Crippen LogP contribution in [0.4, 0.5) is 0 Å². The molecule has 1 aliphatic rings. The van der Waals surface area contributed by atoms with E-state index in [0.29, 0.717) is 0 Å². The Balaban J connectivity index is 1.60. The van der Waals surface area contributed by atoms with E-state index in [2.05, 4.69) is 46.2 Å². The number of piperazine rings is 1. The van der Waals surface area contributed by atoms with Gasteiger partial charge in [-0.2, -0.15) is 0 Å². The summed E-state index contributed by atoms with van der Waals surface area (Å²) in [5.74, 6) is 0. The average molecular weight is 248 g/mol. The molecule has 0 saturated carbocycles. The summed E-state index contributed by atoms with van der Waals surface area (Å²) >= 11 is 0. The normalized spacial score (nSPS) is 18.1. The molecule has 100 valence electrons. The average Bonchev–Trinajstić information content (AvgIpc) is 2.39. The van der Waals surface area contributed by atoms with Crippen molar-refractivity contribution in [1.29, 1.82) is 0 Å². The van der Waals surface area contributed by atoms with Crippen LogP contribution in [-0.4, -0.2) is 61.1 Å². The maximum Gasteiger partial charge on any atom is 0.0541 e. The zero-order valence-electron chi connectivity index (χ0n) is 11.5. The minimum Gasteiger partial charge on any atom is -0.310 e. The number of nitrogens with zero attached hydrogens (tertiary/aromatic N) is 3. The lowest BCUT2D eigenvalue weighted by Gasteiger charge is -2.32. The van der Waals surface area contributed by atoms with E-state index in [-0.39, 0.29) is 0 Å². The van der Waals surface area contributed by atoms with Gasteiger partial charge in [-0.15, -0.1) is 0 Å². The molecule has 0 bridgehead atoms. The largest absolute Gasteiger partial charge is 0.310 e. The van der Waals surface area contributed by atoms with Crippen molar-refractivity contribution >= 4 is 0 Å². The molecular formula is C14H24N4. The molecule has 1 aromatic rings. The van der Waals surface area contributed by atoms with Crippen molar-refractivity contribution in [2.45, 2.75) is 13.5 Å². The lowest BCUT2D eigenvalue weighted by molar-refractivity contribution is 0.154. The minimum absolute atomic E-state index is 0.869. The molecule has 0 atom stereocenters. The molecule has 4 nitrogen and oxygen atoms in total. The topological polar surface area (TPSA) is 31.4 Å². The van der Waals surface area contributed by atoms with Gasteiger partial charge in [0.15, 0.2) is 0 Å². The Bertz CT molecular complexity index is 341. The summed E-state index contributed by atoms with van der Waals surface area (Å²) in [6.07, 6.45) is 1.93. The summed E-state index contributed by atoms with van der Waals surface area (Å²) in [6, 6.07) is 4.21. The maximum absolute atomic E-state index is 4.39. The fourth-order valence-electron chi connectivity index (χ4n) is 2.13. The summed E-state index contributed by atoms with van der Waals surface area (Å²) in [5, 5.41) is 3.46. The predicted molar refractivity (Wildman–Crippen MR) is 74.6 cm³/mol. The monoisotopic (exact) mass is 248 g/mol. The number of pyridine rings is 1. The van der Waals surface area contributed by atoms with Crippen molar-refractivity contribution in [3.63, 3.8) is 0 Å². The van der Waals surface area contributed by atoms with E-state index in [1.165, 1.54) is 31.7 Å². The van der Waals surface area contributed by atoms with Gasteiger partial charge in [0.05, 0.1) is 5.69 Å². The number of aryl methyl sites for hydroxylation is 1. The molecule has 0 unspecified atom stereocenters. The zero-order chi connectivity index (χ0) is 12.8. The first kappa shape index (κ1) is 13.5. The highest BCUT2D eigenvalue weighted by Crippen LogP contribution is 1.99. The van der Waals surface area contributed by atoms with Gasteiger partial charge in [-0.3, -0.25) is 9.88 Å². The molecule has 0 aliphatic carbocycles. The Hall–Kier alpha value is -0.970. The van der Waals surface area contributed by atoms with Crippen LogP contribution in [0.5, 0.6) is 0 Å². The van der Waals surface area contributed by atoms with Crippen LogP contribution in [0.1, 0.15) is 11.3 Å². The van der Waals surface area contributed by atoms with Gasteiger partial charge >= 0.3 is 0 Å². The van der Waals surface area contributed by atoms with Gasteiger partial charge in [0.25, 0.3) is 0 Å². The van der Waals surface area contributed by atoms with Crippen LogP contribution >= 0.6 is 0 Å². The number of nitrogens with one attached hydrogen (secondary N) is 1. The van der Waals surface area contributed by atoms with Crippen LogP contribution in [0.25, 0.3) is 0 Å². The van der Waals surface area contributed by atoms with Gasteiger partial charge in [0.2, 0.25) is 0 Å². The highest BCUT2D eigenvalue weighted by atomic mass is 15.2. The van der Waals surface area contributed by atoms with E-state index in [9.17, 15) is 0 Å². The lowest BCUT2D eigenvalue weighted by Crippen LogP contribution is -2.46. The molecule has 1 fully saturated rings. The first-order valence-electron chi connectivity index (χ1n) is 6.77. The van der Waals surface area contributed by atoms with E-state index in [1.54, 1.807) is 0 Å². The third-order valence-corrected chi connectivity index (χ3v) is 3.48. The Labute approximate surface area is 110 Å². The Kier molecular flexibility index (Phi) is 5.11. The second-order valence-electron chi connectivity index (χ2n) is 5.15. The summed E-state index contributed by atoms with van der Waals surface area (Å²) in [6.45, 7) is 9.89. The quantitative estimate of drug-likeness (QED) is 0.778. The van der Waals surface area contributed by atoms with E-state index in [0.717, 1.165) is 25.3 Å². The Morgan fingerprint density at radius 3 is 2.67 bits per heavy atom. The molecule has 1 aromatic heterocycles. The highest BCUT2D eigenvalue weighted by Gasteiger charge is 2.12. The van der Waals surface area contributed by atoms with Crippen LogP contribution < -0.4 is 5.32 Å². The van der Waals surface area contributed by atoms with E-state index < -0.39 is 0 Å². The first-order chi connectivity index (χ1) is 8.74. The van der Waals surface area contributed by atoms with Gasteiger partial charge < -0.3 is 10.2 Å². The molecule has 0 amide bonds. The van der Waals surface area contributed by atoms with Crippen molar-refractivity contribution in [3.05, 3.63) is 29.6 Å². The van der Waals surface area contributed by atoms with Crippen molar-refractivity contribution < 1.29 is 0 Å².